The number of rotatable bonds is 7. The Morgan fingerprint density at radius 3 is 2.48 bits per heavy atom. The van der Waals surface area contributed by atoms with Gasteiger partial charge in [-0.05, 0) is 40.8 Å². The fourth-order valence-electron chi connectivity index (χ4n) is 1.88. The number of furan rings is 1. The van der Waals surface area contributed by atoms with Crippen molar-refractivity contribution in [2.75, 3.05) is 25.6 Å². The van der Waals surface area contributed by atoms with Crippen LogP contribution in [0.2, 0.25) is 0 Å². The molecule has 1 aromatic heterocycles. The number of nitrogens with zero attached hydrogens (tertiary/aromatic N) is 1. The molecule has 0 fully saturated rings. The summed E-state index contributed by atoms with van der Waals surface area (Å²) in [5, 5.41) is 3.39. The Labute approximate surface area is 128 Å². The van der Waals surface area contributed by atoms with E-state index in [1.165, 1.54) is 6.26 Å². The van der Waals surface area contributed by atoms with Gasteiger partial charge in [-0.2, -0.15) is 0 Å². The Morgan fingerprint density at radius 1 is 1.33 bits per heavy atom. The normalized spacial score (nSPS) is 13.1. The molecule has 0 aliphatic carbocycles. The molecule has 0 unspecified atom stereocenters. The molecular weight excluding hydrogens is 288 g/mol. The molecule has 122 valence electrons. The Hall–Kier alpha value is -0.850. The van der Waals surface area contributed by atoms with Crippen molar-refractivity contribution in [3.05, 3.63) is 23.2 Å². The van der Waals surface area contributed by atoms with E-state index in [1.807, 2.05) is 24.9 Å². The smallest absolute Gasteiger partial charge is 0.148 e. The fourth-order valence-corrected chi connectivity index (χ4v) is 2.52. The molecule has 0 saturated heterocycles. The number of sulfone groups is 1. The lowest BCUT2D eigenvalue weighted by Crippen LogP contribution is -2.34. The van der Waals surface area contributed by atoms with Crippen LogP contribution in [0.1, 0.15) is 37.9 Å². The maximum atomic E-state index is 11.2. The van der Waals surface area contributed by atoms with E-state index in [4.69, 9.17) is 4.42 Å². The quantitative estimate of drug-likeness (QED) is 0.833. The number of aryl methyl sites for hydroxylation is 1. The standard InChI is InChI=1S/C15H28N2O3S/c1-12-13(11-17(5)7-8-21(6,18)19)9-14(20-12)10-16-15(2,3)4/h9,16H,7-8,10-11H2,1-6H3. The number of hydrogen-bond acceptors (Lipinski definition) is 5. The molecule has 0 bridgehead atoms. The van der Waals surface area contributed by atoms with Gasteiger partial charge in [-0.25, -0.2) is 8.42 Å². The van der Waals surface area contributed by atoms with Gasteiger partial charge in [0.2, 0.25) is 0 Å². The highest BCUT2D eigenvalue weighted by Gasteiger charge is 2.14. The Balaban J connectivity index is 2.58. The van der Waals surface area contributed by atoms with Crippen molar-refractivity contribution in [2.45, 2.75) is 46.3 Å². The average Bonchev–Trinajstić information content (AvgIpc) is 2.63. The molecule has 0 aliphatic heterocycles. The summed E-state index contributed by atoms with van der Waals surface area (Å²) in [6.45, 7) is 10.2. The van der Waals surface area contributed by atoms with Gasteiger partial charge >= 0.3 is 0 Å². The van der Waals surface area contributed by atoms with Crippen LogP contribution in [-0.4, -0.2) is 44.5 Å². The van der Waals surface area contributed by atoms with Crippen molar-refractivity contribution < 1.29 is 12.8 Å². The SMILES string of the molecule is Cc1oc(CNC(C)(C)C)cc1CN(C)CCS(C)(=O)=O. The van der Waals surface area contributed by atoms with E-state index in [-0.39, 0.29) is 11.3 Å². The minimum absolute atomic E-state index is 0.0487. The van der Waals surface area contributed by atoms with Crippen LogP contribution in [0, 0.1) is 6.92 Å². The van der Waals surface area contributed by atoms with Crippen LogP contribution in [0.5, 0.6) is 0 Å². The first-order valence-corrected chi connectivity index (χ1v) is 9.22. The van der Waals surface area contributed by atoms with Crippen LogP contribution >= 0.6 is 0 Å². The molecule has 1 aromatic rings. The first kappa shape index (κ1) is 18.2. The van der Waals surface area contributed by atoms with Gasteiger partial charge in [0.15, 0.2) is 0 Å². The highest BCUT2D eigenvalue weighted by atomic mass is 32.2. The van der Waals surface area contributed by atoms with E-state index in [0.717, 1.165) is 17.1 Å². The third-order valence-electron chi connectivity index (χ3n) is 3.15. The minimum Gasteiger partial charge on any atom is -0.465 e. The molecule has 0 radical (unpaired) electrons. The predicted octanol–water partition coefficient (Wildman–Crippen LogP) is 1.95. The highest BCUT2D eigenvalue weighted by Crippen LogP contribution is 2.17. The average molecular weight is 316 g/mol. The van der Waals surface area contributed by atoms with Gasteiger partial charge < -0.3 is 14.6 Å². The van der Waals surface area contributed by atoms with Crippen molar-refractivity contribution >= 4 is 9.84 Å². The second-order valence-corrected chi connectivity index (χ2v) is 9.03. The first-order valence-electron chi connectivity index (χ1n) is 7.16. The largest absolute Gasteiger partial charge is 0.465 e. The van der Waals surface area contributed by atoms with Crippen molar-refractivity contribution in [1.82, 2.24) is 10.2 Å². The van der Waals surface area contributed by atoms with Gasteiger partial charge in [0.1, 0.15) is 21.4 Å². The van der Waals surface area contributed by atoms with Crippen molar-refractivity contribution in [2.24, 2.45) is 0 Å². The summed E-state index contributed by atoms with van der Waals surface area (Å²) in [6.07, 6.45) is 1.26. The van der Waals surface area contributed by atoms with Gasteiger partial charge in [-0.15, -0.1) is 0 Å². The molecule has 0 aromatic carbocycles. The highest BCUT2D eigenvalue weighted by molar-refractivity contribution is 7.90. The maximum Gasteiger partial charge on any atom is 0.148 e. The fraction of sp³-hybridized carbons (Fsp3) is 0.733. The molecule has 5 nitrogen and oxygen atoms in total. The molecule has 0 amide bonds. The zero-order valence-corrected chi connectivity index (χ0v) is 14.8. The van der Waals surface area contributed by atoms with Crippen LogP contribution in [-0.2, 0) is 22.9 Å². The van der Waals surface area contributed by atoms with Crippen LogP contribution in [0.4, 0.5) is 0 Å². The van der Waals surface area contributed by atoms with E-state index >= 15 is 0 Å². The second kappa shape index (κ2) is 6.94. The third kappa shape index (κ3) is 7.64. The Morgan fingerprint density at radius 2 is 1.95 bits per heavy atom. The molecule has 0 saturated carbocycles. The van der Waals surface area contributed by atoms with Crippen LogP contribution < -0.4 is 5.32 Å². The summed E-state index contributed by atoms with van der Waals surface area (Å²) in [5.41, 5.74) is 1.16. The van der Waals surface area contributed by atoms with Crippen LogP contribution in [0.3, 0.4) is 0 Å². The lowest BCUT2D eigenvalue weighted by Gasteiger charge is -2.19. The Bertz CT molecular complexity index is 556. The van der Waals surface area contributed by atoms with Crippen LogP contribution in [0.25, 0.3) is 0 Å². The van der Waals surface area contributed by atoms with Gasteiger partial charge in [-0.3, -0.25) is 0 Å². The van der Waals surface area contributed by atoms with Gasteiger partial charge in [0.25, 0.3) is 0 Å². The third-order valence-corrected chi connectivity index (χ3v) is 4.07. The number of hydrogen-bond donors (Lipinski definition) is 1. The van der Waals surface area contributed by atoms with E-state index in [9.17, 15) is 8.42 Å². The number of nitrogens with one attached hydrogen (secondary N) is 1. The summed E-state index contributed by atoms with van der Waals surface area (Å²) in [6, 6.07) is 2.05. The lowest BCUT2D eigenvalue weighted by atomic mass is 10.1. The van der Waals surface area contributed by atoms with Crippen molar-refractivity contribution in [3.8, 4) is 0 Å². The molecule has 0 spiro atoms. The molecule has 1 heterocycles. The predicted molar refractivity (Wildman–Crippen MR) is 86.1 cm³/mol. The molecule has 21 heavy (non-hydrogen) atoms. The van der Waals surface area contributed by atoms with E-state index in [1.54, 1.807) is 0 Å². The summed E-state index contributed by atoms with van der Waals surface area (Å²) in [7, 11) is -0.995. The first-order chi connectivity index (χ1) is 9.46. The molecule has 0 aliphatic rings. The van der Waals surface area contributed by atoms with E-state index < -0.39 is 9.84 Å². The summed E-state index contributed by atoms with van der Waals surface area (Å²) in [4.78, 5) is 2.00. The van der Waals surface area contributed by atoms with E-state index in [0.29, 0.717) is 19.6 Å². The Kier molecular flexibility index (Phi) is 6.01. The molecule has 0 atom stereocenters. The second-order valence-electron chi connectivity index (χ2n) is 6.77. The molecular formula is C15H28N2O3S. The summed E-state index contributed by atoms with van der Waals surface area (Å²) >= 11 is 0. The monoisotopic (exact) mass is 316 g/mol. The molecule has 1 N–H and O–H groups in total. The van der Waals surface area contributed by atoms with Gasteiger partial charge in [0.05, 0.1) is 12.3 Å². The van der Waals surface area contributed by atoms with Crippen molar-refractivity contribution in [3.63, 3.8) is 0 Å². The topological polar surface area (TPSA) is 62.6 Å². The van der Waals surface area contributed by atoms with Crippen LogP contribution in [0.15, 0.2) is 10.5 Å². The van der Waals surface area contributed by atoms with Gasteiger partial charge in [-0.1, -0.05) is 0 Å². The van der Waals surface area contributed by atoms with E-state index in [2.05, 4.69) is 26.1 Å². The summed E-state index contributed by atoms with van der Waals surface area (Å²) in [5.74, 6) is 1.99. The summed E-state index contributed by atoms with van der Waals surface area (Å²) < 4.78 is 28.1. The van der Waals surface area contributed by atoms with Gasteiger partial charge in [0, 0.05) is 30.4 Å². The zero-order chi connectivity index (χ0) is 16.3. The van der Waals surface area contributed by atoms with Crippen molar-refractivity contribution in [1.29, 1.82) is 0 Å². The minimum atomic E-state index is -2.92. The lowest BCUT2D eigenvalue weighted by molar-refractivity contribution is 0.342. The molecule has 1 rings (SSSR count). The molecule has 6 heteroatoms. The zero-order valence-electron chi connectivity index (χ0n) is 14.0. The maximum absolute atomic E-state index is 11.2.